The summed E-state index contributed by atoms with van der Waals surface area (Å²) in [5.41, 5.74) is 3.60. The molecule has 152 valence electrons. The lowest BCUT2D eigenvalue weighted by atomic mass is 10.1. The molecule has 8 heteroatoms. The third kappa shape index (κ3) is 4.09. The highest BCUT2D eigenvalue weighted by molar-refractivity contribution is 7.17. The van der Waals surface area contributed by atoms with E-state index in [4.69, 9.17) is 4.52 Å². The maximum absolute atomic E-state index is 13.2. The second-order valence-electron chi connectivity index (χ2n) is 7.31. The van der Waals surface area contributed by atoms with E-state index < -0.39 is 0 Å². The summed E-state index contributed by atoms with van der Waals surface area (Å²) in [5.74, 6) is 0.591. The number of hydrogen-bond acceptors (Lipinski definition) is 6. The van der Waals surface area contributed by atoms with Gasteiger partial charge in [0.05, 0.1) is 11.4 Å². The van der Waals surface area contributed by atoms with E-state index in [0.717, 1.165) is 52.9 Å². The SMILES string of the molecule is Cc1nc(-c2ccc(F)cc2)sc1C(=O)N1CCN(Cc2c(C)noc2C)CC1. The largest absolute Gasteiger partial charge is 0.361 e. The van der Waals surface area contributed by atoms with Crippen LogP contribution in [0.25, 0.3) is 10.6 Å². The molecule has 1 aromatic carbocycles. The van der Waals surface area contributed by atoms with Gasteiger partial charge in [0, 0.05) is 43.9 Å². The number of piperazine rings is 1. The van der Waals surface area contributed by atoms with Crippen LogP contribution < -0.4 is 0 Å². The molecule has 1 aliphatic heterocycles. The maximum Gasteiger partial charge on any atom is 0.265 e. The normalized spacial score (nSPS) is 15.1. The molecule has 6 nitrogen and oxygen atoms in total. The van der Waals surface area contributed by atoms with Crippen molar-refractivity contribution in [2.45, 2.75) is 27.3 Å². The van der Waals surface area contributed by atoms with E-state index in [0.29, 0.717) is 18.0 Å². The van der Waals surface area contributed by atoms with Crippen LogP contribution in [0, 0.1) is 26.6 Å². The summed E-state index contributed by atoms with van der Waals surface area (Å²) in [4.78, 5) is 22.4. The zero-order chi connectivity index (χ0) is 20.5. The molecular weight excluding hydrogens is 391 g/mol. The molecule has 0 unspecified atom stereocenters. The van der Waals surface area contributed by atoms with Crippen molar-refractivity contribution in [3.8, 4) is 10.6 Å². The van der Waals surface area contributed by atoms with Crippen LogP contribution >= 0.6 is 11.3 Å². The van der Waals surface area contributed by atoms with Gasteiger partial charge in [-0.2, -0.15) is 0 Å². The van der Waals surface area contributed by atoms with Crippen molar-refractivity contribution < 1.29 is 13.7 Å². The van der Waals surface area contributed by atoms with Crippen LogP contribution in [0.15, 0.2) is 28.8 Å². The molecule has 29 heavy (non-hydrogen) atoms. The summed E-state index contributed by atoms with van der Waals surface area (Å²) in [7, 11) is 0. The van der Waals surface area contributed by atoms with Gasteiger partial charge in [-0.15, -0.1) is 11.3 Å². The average Bonchev–Trinajstić information content (AvgIpc) is 3.26. The van der Waals surface area contributed by atoms with Crippen LogP contribution in [-0.2, 0) is 6.54 Å². The zero-order valence-corrected chi connectivity index (χ0v) is 17.6. The zero-order valence-electron chi connectivity index (χ0n) is 16.7. The Morgan fingerprint density at radius 3 is 2.41 bits per heavy atom. The molecule has 3 aromatic rings. The smallest absolute Gasteiger partial charge is 0.265 e. The van der Waals surface area contributed by atoms with Crippen LogP contribution in [0.2, 0.25) is 0 Å². The Morgan fingerprint density at radius 2 is 1.79 bits per heavy atom. The highest BCUT2D eigenvalue weighted by Gasteiger charge is 2.26. The number of rotatable bonds is 4. The van der Waals surface area contributed by atoms with Crippen molar-refractivity contribution >= 4 is 17.2 Å². The van der Waals surface area contributed by atoms with Gasteiger partial charge in [0.2, 0.25) is 0 Å². The predicted octanol–water partition coefficient (Wildman–Crippen LogP) is 3.82. The molecule has 4 rings (SSSR count). The summed E-state index contributed by atoms with van der Waals surface area (Å²) in [6.45, 7) is 9.48. The fourth-order valence-electron chi connectivity index (χ4n) is 3.51. The van der Waals surface area contributed by atoms with Gasteiger partial charge in [-0.3, -0.25) is 9.69 Å². The molecule has 1 amide bonds. The van der Waals surface area contributed by atoms with Crippen molar-refractivity contribution in [1.82, 2.24) is 19.9 Å². The van der Waals surface area contributed by atoms with Crippen LogP contribution in [0.1, 0.15) is 32.4 Å². The Kier molecular flexibility index (Phi) is 5.47. The molecule has 0 spiro atoms. The van der Waals surface area contributed by atoms with Crippen molar-refractivity contribution in [2.75, 3.05) is 26.2 Å². The lowest BCUT2D eigenvalue weighted by molar-refractivity contribution is 0.0631. The highest BCUT2D eigenvalue weighted by Crippen LogP contribution is 2.29. The van der Waals surface area contributed by atoms with Gasteiger partial charge in [-0.1, -0.05) is 5.16 Å². The molecular formula is C21H23FN4O2S. The predicted molar refractivity (Wildman–Crippen MR) is 109 cm³/mol. The van der Waals surface area contributed by atoms with Gasteiger partial charge in [-0.25, -0.2) is 9.37 Å². The molecule has 0 bridgehead atoms. The first kappa shape index (κ1) is 19.7. The number of thiazole rings is 1. The summed E-state index contributed by atoms with van der Waals surface area (Å²) in [6.07, 6.45) is 0. The number of hydrogen-bond donors (Lipinski definition) is 0. The Bertz CT molecular complexity index is 1000. The van der Waals surface area contributed by atoms with Gasteiger partial charge in [0.25, 0.3) is 5.91 Å². The lowest BCUT2D eigenvalue weighted by Crippen LogP contribution is -2.48. The molecule has 2 aromatic heterocycles. The monoisotopic (exact) mass is 414 g/mol. The summed E-state index contributed by atoms with van der Waals surface area (Å²) in [5, 5.41) is 4.75. The first-order chi connectivity index (χ1) is 13.9. The van der Waals surface area contributed by atoms with E-state index in [9.17, 15) is 9.18 Å². The van der Waals surface area contributed by atoms with E-state index in [1.165, 1.54) is 23.5 Å². The Labute approximate surface area is 172 Å². The molecule has 0 radical (unpaired) electrons. The standard InChI is InChI=1S/C21H23FN4O2S/c1-13-18(15(3)28-24-13)12-25-8-10-26(11-9-25)21(27)19-14(2)23-20(29-19)16-4-6-17(22)7-5-16/h4-7H,8-12H2,1-3H3. The van der Waals surface area contributed by atoms with Crippen molar-refractivity contribution in [2.24, 2.45) is 0 Å². The van der Waals surface area contributed by atoms with Gasteiger partial charge in [-0.05, 0) is 45.0 Å². The summed E-state index contributed by atoms with van der Waals surface area (Å²) < 4.78 is 18.4. The van der Waals surface area contributed by atoms with Gasteiger partial charge in [0.15, 0.2) is 0 Å². The molecule has 1 aliphatic rings. The van der Waals surface area contributed by atoms with Crippen LogP contribution in [-0.4, -0.2) is 52.0 Å². The number of carbonyl (C=O) groups excluding carboxylic acids is 1. The number of carbonyl (C=O) groups is 1. The topological polar surface area (TPSA) is 62.5 Å². The Morgan fingerprint density at radius 1 is 1.10 bits per heavy atom. The maximum atomic E-state index is 13.2. The van der Waals surface area contributed by atoms with Crippen molar-refractivity contribution in [1.29, 1.82) is 0 Å². The fraction of sp³-hybridized carbons (Fsp3) is 0.381. The molecule has 0 N–H and O–H groups in total. The molecule has 3 heterocycles. The quantitative estimate of drug-likeness (QED) is 0.649. The third-order valence-electron chi connectivity index (χ3n) is 5.30. The molecule has 0 atom stereocenters. The minimum Gasteiger partial charge on any atom is -0.361 e. The van der Waals surface area contributed by atoms with Gasteiger partial charge in [0.1, 0.15) is 21.5 Å². The van der Waals surface area contributed by atoms with E-state index in [-0.39, 0.29) is 11.7 Å². The van der Waals surface area contributed by atoms with Crippen molar-refractivity contribution in [3.63, 3.8) is 0 Å². The average molecular weight is 415 g/mol. The first-order valence-corrected chi connectivity index (χ1v) is 10.4. The number of aromatic nitrogens is 2. The number of benzene rings is 1. The molecule has 1 fully saturated rings. The van der Waals surface area contributed by atoms with E-state index in [1.54, 1.807) is 12.1 Å². The van der Waals surface area contributed by atoms with E-state index in [2.05, 4.69) is 15.0 Å². The van der Waals surface area contributed by atoms with E-state index >= 15 is 0 Å². The van der Waals surface area contributed by atoms with Crippen LogP contribution in [0.4, 0.5) is 4.39 Å². The number of halogens is 1. The number of nitrogens with zero attached hydrogens (tertiary/aromatic N) is 4. The first-order valence-electron chi connectivity index (χ1n) is 9.59. The minimum absolute atomic E-state index is 0.0188. The number of aryl methyl sites for hydroxylation is 3. The summed E-state index contributed by atoms with van der Waals surface area (Å²) >= 11 is 1.37. The second kappa shape index (κ2) is 8.04. The summed E-state index contributed by atoms with van der Waals surface area (Å²) in [6, 6.07) is 6.20. The molecule has 0 saturated carbocycles. The second-order valence-corrected chi connectivity index (χ2v) is 8.31. The van der Waals surface area contributed by atoms with Gasteiger partial charge < -0.3 is 9.42 Å². The molecule has 0 aliphatic carbocycles. The lowest BCUT2D eigenvalue weighted by Gasteiger charge is -2.34. The van der Waals surface area contributed by atoms with Crippen LogP contribution in [0.5, 0.6) is 0 Å². The van der Waals surface area contributed by atoms with E-state index in [1.807, 2.05) is 25.7 Å². The molecule has 1 saturated heterocycles. The fourth-order valence-corrected chi connectivity index (χ4v) is 4.55. The minimum atomic E-state index is -0.284. The number of amides is 1. The Hall–Kier alpha value is -2.58. The third-order valence-corrected chi connectivity index (χ3v) is 6.50. The van der Waals surface area contributed by atoms with Crippen molar-refractivity contribution in [3.05, 3.63) is 57.7 Å². The Balaban J connectivity index is 1.41. The van der Waals surface area contributed by atoms with Gasteiger partial charge >= 0.3 is 0 Å². The van der Waals surface area contributed by atoms with Crippen LogP contribution in [0.3, 0.4) is 0 Å². The highest BCUT2D eigenvalue weighted by atomic mass is 32.1.